The Kier molecular flexibility index (Phi) is 11.5. The summed E-state index contributed by atoms with van der Waals surface area (Å²) in [5.74, 6) is 0.0170. The molecular weight excluding hydrogens is 686 g/mol. The first-order valence-corrected chi connectivity index (χ1v) is 14.6. The molecule has 4 aromatic carbocycles. The molecule has 0 atom stereocenters. The Labute approximate surface area is 290 Å². The molecule has 0 saturated carbocycles. The SMILES string of the molecule is Cc1nn(-c2ccccc2Cl)c(O)c1C=Nc1ccccc1O.Cc1nn(-c2ccccc2Cl)c(O)c1C=Nc1ccccc1O.[Co]. The number of aryl methyl sites for hydroxylation is 2. The van der Waals surface area contributed by atoms with Crippen LogP contribution < -0.4 is 0 Å². The minimum atomic E-state index is -0.0604. The summed E-state index contributed by atoms with van der Waals surface area (Å²) in [6, 6.07) is 27.6. The van der Waals surface area contributed by atoms with Gasteiger partial charge >= 0.3 is 0 Å². The third-order valence-corrected chi connectivity index (χ3v) is 7.39. The Morgan fingerprint density at radius 2 is 0.894 bits per heavy atom. The van der Waals surface area contributed by atoms with Crippen LogP contribution in [0.5, 0.6) is 23.3 Å². The molecule has 6 aromatic rings. The molecule has 0 bridgehead atoms. The summed E-state index contributed by atoms with van der Waals surface area (Å²) < 4.78 is 2.73. The molecule has 0 saturated heterocycles. The number of rotatable bonds is 6. The third kappa shape index (κ3) is 7.84. The van der Waals surface area contributed by atoms with Gasteiger partial charge in [-0.15, -0.1) is 0 Å². The van der Waals surface area contributed by atoms with Gasteiger partial charge in [0, 0.05) is 29.2 Å². The molecule has 10 nitrogen and oxygen atoms in total. The number of para-hydroxylation sites is 6. The zero-order chi connectivity index (χ0) is 32.8. The Bertz CT molecular complexity index is 1930. The van der Waals surface area contributed by atoms with E-state index in [-0.39, 0.29) is 40.0 Å². The molecule has 241 valence electrons. The number of hydrogen-bond acceptors (Lipinski definition) is 8. The van der Waals surface area contributed by atoms with E-state index in [1.54, 1.807) is 98.8 Å². The van der Waals surface area contributed by atoms with Crippen LogP contribution >= 0.6 is 23.2 Å². The summed E-state index contributed by atoms with van der Waals surface area (Å²) in [6.07, 6.45) is 2.94. The number of halogens is 2. The molecule has 0 spiro atoms. The number of aromatic nitrogens is 4. The van der Waals surface area contributed by atoms with Crippen molar-refractivity contribution in [2.45, 2.75) is 13.8 Å². The molecule has 13 heteroatoms. The zero-order valence-corrected chi connectivity index (χ0v) is 27.5. The van der Waals surface area contributed by atoms with E-state index < -0.39 is 0 Å². The smallest absolute Gasteiger partial charge is 0.223 e. The van der Waals surface area contributed by atoms with Crippen molar-refractivity contribution in [3.05, 3.63) is 130 Å². The molecule has 0 unspecified atom stereocenters. The van der Waals surface area contributed by atoms with Gasteiger partial charge in [-0.1, -0.05) is 71.7 Å². The molecule has 1 radical (unpaired) electrons. The van der Waals surface area contributed by atoms with Crippen molar-refractivity contribution < 1.29 is 37.2 Å². The fourth-order valence-corrected chi connectivity index (χ4v) is 4.79. The number of aliphatic imine (C=N–C) groups is 2. The molecule has 4 N–H and O–H groups in total. The number of hydrogen-bond donors (Lipinski definition) is 4. The Morgan fingerprint density at radius 1 is 0.553 bits per heavy atom. The number of phenolic OH excluding ortho intramolecular Hbond substituents is 2. The van der Waals surface area contributed by atoms with E-state index in [0.29, 0.717) is 55.3 Å². The van der Waals surface area contributed by atoms with Gasteiger partial charge in [-0.05, 0) is 62.4 Å². The van der Waals surface area contributed by atoms with E-state index in [1.807, 2.05) is 12.1 Å². The Morgan fingerprint density at radius 3 is 1.26 bits per heavy atom. The summed E-state index contributed by atoms with van der Waals surface area (Å²) >= 11 is 12.3. The fourth-order valence-electron chi connectivity index (χ4n) is 4.35. The van der Waals surface area contributed by atoms with Crippen molar-refractivity contribution in [3.8, 4) is 34.6 Å². The standard InChI is InChI=1S/2C17H14ClN3O2.Co/c2*1-11-12(10-19-14-7-3-5-9-16(14)22)17(23)21(20-11)15-8-4-2-6-13(15)18;/h2*2-10,22-23H,1H3;. The summed E-state index contributed by atoms with van der Waals surface area (Å²) in [5.41, 5.74) is 4.12. The van der Waals surface area contributed by atoms with Gasteiger partial charge in [0.05, 0.1) is 43.9 Å². The van der Waals surface area contributed by atoms with Crippen LogP contribution in [0.25, 0.3) is 11.4 Å². The minimum absolute atomic E-state index is 0. The molecule has 47 heavy (non-hydrogen) atoms. The molecule has 2 heterocycles. The second kappa shape index (κ2) is 15.5. The maximum Gasteiger partial charge on any atom is 0.223 e. The van der Waals surface area contributed by atoms with Crippen LogP contribution in [0.1, 0.15) is 22.5 Å². The van der Waals surface area contributed by atoms with E-state index in [9.17, 15) is 20.4 Å². The van der Waals surface area contributed by atoms with Gasteiger partial charge in [-0.25, -0.2) is 0 Å². The number of aromatic hydroxyl groups is 4. The van der Waals surface area contributed by atoms with E-state index >= 15 is 0 Å². The third-order valence-electron chi connectivity index (χ3n) is 6.75. The predicted molar refractivity (Wildman–Crippen MR) is 181 cm³/mol. The quantitative estimate of drug-likeness (QED) is 0.129. The number of phenols is 2. The van der Waals surface area contributed by atoms with Gasteiger partial charge in [-0.3, -0.25) is 9.98 Å². The van der Waals surface area contributed by atoms with Crippen molar-refractivity contribution in [1.29, 1.82) is 0 Å². The first kappa shape index (κ1) is 34.8. The van der Waals surface area contributed by atoms with E-state index in [1.165, 1.54) is 21.8 Å². The fraction of sp³-hybridized carbons (Fsp3) is 0.0588. The average Bonchev–Trinajstić information content (AvgIpc) is 3.49. The molecular formula is C34H28Cl2CoN6O4. The second-order valence-electron chi connectivity index (χ2n) is 9.87. The monoisotopic (exact) mass is 713 g/mol. The average molecular weight is 714 g/mol. The van der Waals surface area contributed by atoms with Crippen molar-refractivity contribution in [3.63, 3.8) is 0 Å². The maximum absolute atomic E-state index is 10.4. The minimum Gasteiger partial charge on any atom is -0.506 e. The van der Waals surface area contributed by atoms with Crippen LogP contribution in [-0.4, -0.2) is 52.4 Å². The van der Waals surface area contributed by atoms with Gasteiger partial charge < -0.3 is 20.4 Å². The van der Waals surface area contributed by atoms with Crippen molar-refractivity contribution in [2.24, 2.45) is 9.98 Å². The summed E-state index contributed by atoms with van der Waals surface area (Å²) in [7, 11) is 0. The zero-order valence-electron chi connectivity index (χ0n) is 25.0. The predicted octanol–water partition coefficient (Wildman–Crippen LogP) is 7.99. The Balaban J connectivity index is 0.000000208. The van der Waals surface area contributed by atoms with Crippen molar-refractivity contribution in [1.82, 2.24) is 19.6 Å². The molecule has 2 aromatic heterocycles. The van der Waals surface area contributed by atoms with Crippen molar-refractivity contribution in [2.75, 3.05) is 0 Å². The van der Waals surface area contributed by atoms with Gasteiger partial charge in [-0.2, -0.15) is 19.6 Å². The van der Waals surface area contributed by atoms with Crippen molar-refractivity contribution >= 4 is 47.0 Å². The van der Waals surface area contributed by atoms with Gasteiger partial charge in [0.1, 0.15) is 22.9 Å². The largest absolute Gasteiger partial charge is 0.506 e. The van der Waals surface area contributed by atoms with Crippen LogP contribution in [0.4, 0.5) is 11.4 Å². The molecule has 0 aliphatic rings. The second-order valence-corrected chi connectivity index (χ2v) is 10.7. The van der Waals surface area contributed by atoms with E-state index in [0.717, 1.165) is 0 Å². The van der Waals surface area contributed by atoms with Crippen LogP contribution in [0.15, 0.2) is 107 Å². The Hall–Kier alpha value is -5.07. The molecule has 6 rings (SSSR count). The normalized spacial score (nSPS) is 11.0. The molecule has 0 amide bonds. The first-order chi connectivity index (χ1) is 22.2. The summed E-state index contributed by atoms with van der Waals surface area (Å²) in [4.78, 5) is 8.41. The number of benzene rings is 4. The first-order valence-electron chi connectivity index (χ1n) is 13.9. The van der Waals surface area contributed by atoms with E-state index in [4.69, 9.17) is 23.2 Å². The van der Waals surface area contributed by atoms with Gasteiger partial charge in [0.25, 0.3) is 0 Å². The molecule has 0 aliphatic carbocycles. The number of nitrogens with zero attached hydrogens (tertiary/aromatic N) is 6. The maximum atomic E-state index is 10.4. The van der Waals surface area contributed by atoms with Crippen LogP contribution in [-0.2, 0) is 16.8 Å². The van der Waals surface area contributed by atoms with Crippen LogP contribution in [0.3, 0.4) is 0 Å². The summed E-state index contributed by atoms with van der Waals surface area (Å²) in [5, 5.41) is 49.9. The molecule has 0 aliphatic heterocycles. The van der Waals surface area contributed by atoms with Gasteiger partial charge in [0.15, 0.2) is 0 Å². The van der Waals surface area contributed by atoms with Crippen LogP contribution in [0, 0.1) is 13.8 Å². The van der Waals surface area contributed by atoms with E-state index in [2.05, 4.69) is 20.2 Å². The summed E-state index contributed by atoms with van der Waals surface area (Å²) in [6.45, 7) is 3.53. The van der Waals surface area contributed by atoms with Gasteiger partial charge in [0.2, 0.25) is 11.8 Å². The topological polar surface area (TPSA) is 141 Å². The van der Waals surface area contributed by atoms with Crippen LogP contribution in [0.2, 0.25) is 10.0 Å². The molecule has 0 fully saturated rings.